The summed E-state index contributed by atoms with van der Waals surface area (Å²) in [6, 6.07) is 11.1. The van der Waals surface area contributed by atoms with Crippen LogP contribution in [0.2, 0.25) is 0 Å². The maximum absolute atomic E-state index is 10.3. The van der Waals surface area contributed by atoms with E-state index in [2.05, 4.69) is 47.1 Å². The second-order valence-corrected chi connectivity index (χ2v) is 7.36. The summed E-state index contributed by atoms with van der Waals surface area (Å²) in [5, 5.41) is 10.3. The van der Waals surface area contributed by atoms with Crippen LogP contribution >= 0.6 is 0 Å². The van der Waals surface area contributed by atoms with Crippen molar-refractivity contribution in [3.05, 3.63) is 35.9 Å². The molecule has 25 heavy (non-hydrogen) atoms. The third kappa shape index (κ3) is 6.04. The standard InChI is InChI=1S/C20H32N2O3/c1-17-13-21(14-18-5-3-2-4-6-18)9-10-22(17)15-19(23)16-25-20-7-11-24-12-8-20/h2-6,17,19-20,23H,7-16H2,1H3/t17-,19?/m1/s1. The molecular formula is C20H32N2O3. The Morgan fingerprint density at radius 2 is 1.96 bits per heavy atom. The van der Waals surface area contributed by atoms with E-state index in [-0.39, 0.29) is 6.10 Å². The van der Waals surface area contributed by atoms with Crippen molar-refractivity contribution in [2.24, 2.45) is 0 Å². The fourth-order valence-electron chi connectivity index (χ4n) is 3.74. The Labute approximate surface area is 151 Å². The van der Waals surface area contributed by atoms with Crippen LogP contribution in [0, 0.1) is 0 Å². The van der Waals surface area contributed by atoms with Crippen LogP contribution in [0.4, 0.5) is 0 Å². The van der Waals surface area contributed by atoms with Crippen LogP contribution in [-0.2, 0) is 16.0 Å². The molecule has 5 heteroatoms. The number of aliphatic hydroxyl groups is 1. The second kappa shape index (κ2) is 9.64. The van der Waals surface area contributed by atoms with Crippen LogP contribution in [0.15, 0.2) is 30.3 Å². The van der Waals surface area contributed by atoms with Crippen molar-refractivity contribution >= 4 is 0 Å². The van der Waals surface area contributed by atoms with Crippen molar-refractivity contribution in [2.75, 3.05) is 46.0 Å². The van der Waals surface area contributed by atoms with Gasteiger partial charge in [-0.25, -0.2) is 0 Å². The molecule has 1 aromatic rings. The minimum Gasteiger partial charge on any atom is -0.389 e. The van der Waals surface area contributed by atoms with Crippen molar-refractivity contribution in [3.8, 4) is 0 Å². The summed E-state index contributed by atoms with van der Waals surface area (Å²) in [6.07, 6.45) is 1.73. The molecule has 2 aliphatic rings. The van der Waals surface area contributed by atoms with Gasteiger partial charge in [0.1, 0.15) is 0 Å². The van der Waals surface area contributed by atoms with E-state index in [1.54, 1.807) is 0 Å². The lowest BCUT2D eigenvalue weighted by Gasteiger charge is -2.40. The third-order valence-corrected chi connectivity index (χ3v) is 5.24. The normalized spacial score (nSPS) is 25.1. The number of rotatable bonds is 7. The number of ether oxygens (including phenoxy) is 2. The third-order valence-electron chi connectivity index (χ3n) is 5.24. The van der Waals surface area contributed by atoms with Crippen molar-refractivity contribution in [1.29, 1.82) is 0 Å². The topological polar surface area (TPSA) is 45.2 Å². The predicted octanol–water partition coefficient (Wildman–Crippen LogP) is 1.75. The van der Waals surface area contributed by atoms with E-state index in [9.17, 15) is 5.11 Å². The first kappa shape index (κ1) is 18.8. The van der Waals surface area contributed by atoms with Gasteiger partial charge in [-0.2, -0.15) is 0 Å². The Morgan fingerprint density at radius 1 is 1.20 bits per heavy atom. The van der Waals surface area contributed by atoms with Crippen LogP contribution in [0.25, 0.3) is 0 Å². The summed E-state index contributed by atoms with van der Waals surface area (Å²) in [4.78, 5) is 4.89. The van der Waals surface area contributed by atoms with Crippen LogP contribution in [0.1, 0.15) is 25.3 Å². The molecule has 3 rings (SSSR count). The highest BCUT2D eigenvalue weighted by atomic mass is 16.5. The Morgan fingerprint density at radius 3 is 2.68 bits per heavy atom. The number of hydrogen-bond acceptors (Lipinski definition) is 5. The molecule has 2 atom stereocenters. The molecule has 2 aliphatic heterocycles. The van der Waals surface area contributed by atoms with Crippen LogP contribution in [0.3, 0.4) is 0 Å². The highest BCUT2D eigenvalue weighted by molar-refractivity contribution is 5.14. The first-order valence-corrected chi connectivity index (χ1v) is 9.58. The highest BCUT2D eigenvalue weighted by Gasteiger charge is 2.26. The van der Waals surface area contributed by atoms with E-state index >= 15 is 0 Å². The molecule has 1 aromatic carbocycles. The van der Waals surface area contributed by atoms with Crippen LogP contribution < -0.4 is 0 Å². The predicted molar refractivity (Wildman–Crippen MR) is 98.6 cm³/mol. The molecule has 2 heterocycles. The highest BCUT2D eigenvalue weighted by Crippen LogP contribution is 2.15. The summed E-state index contributed by atoms with van der Waals surface area (Å²) in [6.45, 7) is 9.04. The second-order valence-electron chi connectivity index (χ2n) is 7.36. The Balaban J connectivity index is 1.37. The molecule has 1 unspecified atom stereocenters. The first-order chi connectivity index (χ1) is 12.2. The lowest BCUT2D eigenvalue weighted by Crippen LogP contribution is -2.53. The molecule has 0 saturated carbocycles. The maximum atomic E-state index is 10.3. The molecule has 0 bridgehead atoms. The fourth-order valence-corrected chi connectivity index (χ4v) is 3.74. The van der Waals surface area contributed by atoms with Gasteiger partial charge in [0.15, 0.2) is 0 Å². The van der Waals surface area contributed by atoms with E-state index in [1.165, 1.54) is 5.56 Å². The van der Waals surface area contributed by atoms with Crippen molar-refractivity contribution < 1.29 is 14.6 Å². The summed E-state index contributed by atoms with van der Waals surface area (Å²) < 4.78 is 11.2. The molecule has 0 amide bonds. The van der Waals surface area contributed by atoms with Crippen LogP contribution in [0.5, 0.6) is 0 Å². The molecular weight excluding hydrogens is 316 g/mol. The van der Waals surface area contributed by atoms with Gasteiger partial charge in [-0.1, -0.05) is 30.3 Å². The molecule has 2 saturated heterocycles. The van der Waals surface area contributed by atoms with Gasteiger partial charge in [0.2, 0.25) is 0 Å². The average molecular weight is 348 g/mol. The number of benzene rings is 1. The molecule has 0 aliphatic carbocycles. The Bertz CT molecular complexity index is 493. The van der Waals surface area contributed by atoms with E-state index in [1.807, 2.05) is 0 Å². The van der Waals surface area contributed by atoms with Gasteiger partial charge in [-0.3, -0.25) is 9.80 Å². The molecule has 1 N–H and O–H groups in total. The quantitative estimate of drug-likeness (QED) is 0.813. The number of β-amino-alcohol motifs (C(OH)–C–C–N with tert-alkyl or cyclic N) is 1. The van der Waals surface area contributed by atoms with Gasteiger partial charge in [-0.05, 0) is 25.3 Å². The summed E-state index contributed by atoms with van der Waals surface area (Å²) in [5.41, 5.74) is 1.37. The number of nitrogens with zero attached hydrogens (tertiary/aromatic N) is 2. The fraction of sp³-hybridized carbons (Fsp3) is 0.700. The van der Waals surface area contributed by atoms with Crippen molar-refractivity contribution in [1.82, 2.24) is 9.80 Å². The Hall–Kier alpha value is -0.980. The van der Waals surface area contributed by atoms with E-state index in [0.717, 1.165) is 52.2 Å². The first-order valence-electron chi connectivity index (χ1n) is 9.58. The lowest BCUT2D eigenvalue weighted by molar-refractivity contribution is -0.0688. The summed E-state index contributed by atoms with van der Waals surface area (Å²) in [5.74, 6) is 0. The zero-order chi connectivity index (χ0) is 17.5. The molecule has 140 valence electrons. The smallest absolute Gasteiger partial charge is 0.0900 e. The molecule has 5 nitrogen and oxygen atoms in total. The largest absolute Gasteiger partial charge is 0.389 e. The van der Waals surface area contributed by atoms with Gasteiger partial charge in [-0.15, -0.1) is 0 Å². The minimum absolute atomic E-state index is 0.253. The summed E-state index contributed by atoms with van der Waals surface area (Å²) >= 11 is 0. The van der Waals surface area contributed by atoms with E-state index in [4.69, 9.17) is 9.47 Å². The molecule has 2 fully saturated rings. The van der Waals surface area contributed by atoms with Crippen molar-refractivity contribution in [2.45, 2.75) is 44.6 Å². The zero-order valence-electron chi connectivity index (χ0n) is 15.3. The van der Waals surface area contributed by atoms with Crippen LogP contribution in [-0.4, -0.2) is 79.2 Å². The van der Waals surface area contributed by atoms with E-state index in [0.29, 0.717) is 19.2 Å². The average Bonchev–Trinajstić information content (AvgIpc) is 2.64. The van der Waals surface area contributed by atoms with E-state index < -0.39 is 6.10 Å². The lowest BCUT2D eigenvalue weighted by atomic mass is 10.1. The SMILES string of the molecule is C[C@@H]1CN(Cc2ccccc2)CCN1CC(O)COC1CCOCC1. The number of hydrogen-bond donors (Lipinski definition) is 1. The zero-order valence-corrected chi connectivity index (χ0v) is 15.3. The van der Waals surface area contributed by atoms with Crippen molar-refractivity contribution in [3.63, 3.8) is 0 Å². The maximum Gasteiger partial charge on any atom is 0.0900 e. The minimum atomic E-state index is -0.411. The number of aliphatic hydroxyl groups excluding tert-OH is 1. The van der Waals surface area contributed by atoms with Gasteiger partial charge in [0.05, 0.1) is 18.8 Å². The van der Waals surface area contributed by atoms with Gasteiger partial charge in [0, 0.05) is 52.0 Å². The Kier molecular flexibility index (Phi) is 7.25. The summed E-state index contributed by atoms with van der Waals surface area (Å²) in [7, 11) is 0. The number of piperazine rings is 1. The molecule has 0 spiro atoms. The van der Waals surface area contributed by atoms with Gasteiger partial charge < -0.3 is 14.6 Å². The molecule has 0 aromatic heterocycles. The monoisotopic (exact) mass is 348 g/mol. The molecule has 0 radical (unpaired) electrons. The van der Waals surface area contributed by atoms with Gasteiger partial charge >= 0.3 is 0 Å². The van der Waals surface area contributed by atoms with Gasteiger partial charge in [0.25, 0.3) is 0 Å².